The highest BCUT2D eigenvalue weighted by Crippen LogP contribution is 2.38. The van der Waals surface area contributed by atoms with Crippen LogP contribution in [-0.2, 0) is 19.3 Å². The van der Waals surface area contributed by atoms with Crippen LogP contribution < -0.4 is 16.6 Å². The lowest BCUT2D eigenvalue weighted by Gasteiger charge is -2.26. The summed E-state index contributed by atoms with van der Waals surface area (Å²) in [6.07, 6.45) is 6.68. The molecule has 2 aliphatic rings. The highest BCUT2D eigenvalue weighted by molar-refractivity contribution is 7.16. The van der Waals surface area contributed by atoms with Crippen molar-refractivity contribution in [1.29, 1.82) is 0 Å². The quantitative estimate of drug-likeness (QED) is 0.302. The fourth-order valence-corrected chi connectivity index (χ4v) is 6.00. The zero-order chi connectivity index (χ0) is 24.7. The van der Waals surface area contributed by atoms with Crippen molar-refractivity contribution >= 4 is 34.0 Å². The van der Waals surface area contributed by atoms with Crippen LogP contribution in [0.15, 0.2) is 62.0 Å². The Morgan fingerprint density at radius 2 is 2.00 bits per heavy atom. The summed E-state index contributed by atoms with van der Waals surface area (Å²) in [5.74, 6) is 6.17. The maximum atomic E-state index is 6.56. The molecule has 0 atom stereocenters. The average molecular weight is 484 g/mol. The number of thiazole rings is 1. The van der Waals surface area contributed by atoms with Crippen LogP contribution in [0.5, 0.6) is 0 Å². The number of hydrogen-bond acceptors (Lipinski definition) is 6. The van der Waals surface area contributed by atoms with E-state index in [0.717, 1.165) is 83.4 Å². The highest BCUT2D eigenvalue weighted by atomic mass is 32.1. The lowest BCUT2D eigenvalue weighted by atomic mass is 10.00. The molecule has 5 rings (SSSR count). The maximum Gasteiger partial charge on any atom is 0.123 e. The normalized spacial score (nSPS) is 14.4. The van der Waals surface area contributed by atoms with Gasteiger partial charge in [-0.25, -0.2) is 10.8 Å². The first kappa shape index (κ1) is 23.4. The van der Waals surface area contributed by atoms with E-state index in [1.807, 2.05) is 6.20 Å². The molecule has 1 aliphatic heterocycles. The molecule has 0 saturated heterocycles. The van der Waals surface area contributed by atoms with Crippen molar-refractivity contribution < 1.29 is 0 Å². The van der Waals surface area contributed by atoms with Gasteiger partial charge in [0.05, 0.1) is 10.6 Å². The molecule has 180 valence electrons. The van der Waals surface area contributed by atoms with Crippen LogP contribution in [-0.4, -0.2) is 23.0 Å². The fourth-order valence-electron chi connectivity index (χ4n) is 5.09. The topological polar surface area (TPSA) is 71.4 Å². The number of nitrogens with zero attached hydrogens (tertiary/aromatic N) is 3. The third-order valence-corrected chi connectivity index (χ3v) is 8.24. The molecule has 0 amide bonds. The van der Waals surface area contributed by atoms with Crippen LogP contribution in [0.4, 0.5) is 11.4 Å². The number of nitrogens with two attached hydrogens (primary N) is 2. The van der Waals surface area contributed by atoms with Crippen LogP contribution in [0, 0.1) is 0 Å². The zero-order valence-electron chi connectivity index (χ0n) is 20.4. The first-order valence-corrected chi connectivity index (χ1v) is 13.0. The largest absolute Gasteiger partial charge is 0.398 e. The van der Waals surface area contributed by atoms with E-state index in [0.29, 0.717) is 0 Å². The van der Waals surface area contributed by atoms with Gasteiger partial charge in [-0.15, -0.1) is 11.3 Å². The molecule has 2 heterocycles. The minimum Gasteiger partial charge on any atom is -0.398 e. The molecule has 5 nitrogen and oxygen atoms in total. The molecule has 35 heavy (non-hydrogen) atoms. The van der Waals surface area contributed by atoms with Crippen LogP contribution in [0.25, 0.3) is 21.8 Å². The summed E-state index contributed by atoms with van der Waals surface area (Å²) in [5, 5.41) is 2.64. The van der Waals surface area contributed by atoms with Gasteiger partial charge in [-0.1, -0.05) is 50.9 Å². The van der Waals surface area contributed by atoms with E-state index < -0.39 is 0 Å². The molecule has 0 unspecified atom stereocenters. The smallest absolute Gasteiger partial charge is 0.123 e. The van der Waals surface area contributed by atoms with Gasteiger partial charge in [0, 0.05) is 48.4 Å². The minimum absolute atomic E-state index is 0.793. The van der Waals surface area contributed by atoms with Gasteiger partial charge in [-0.3, -0.25) is 5.01 Å². The molecule has 3 aromatic rings. The van der Waals surface area contributed by atoms with E-state index in [1.54, 1.807) is 16.3 Å². The summed E-state index contributed by atoms with van der Waals surface area (Å²) < 4.78 is 0. The molecule has 2 aromatic carbocycles. The standard InChI is InChI=1S/C29H33N5S/c1-5-13-33(14-12-21-9-11-24-18(2)6-10-25(24)28(21)30)20(4)27-17-32-29(35-27)23-8-7-22-15-19(3)34(31)26(22)16-23/h7-9,11,16-17H,2-6,10,12-15,30-31H2,1H3. The van der Waals surface area contributed by atoms with Crippen molar-refractivity contribution in [2.45, 2.75) is 39.0 Å². The number of hydrogen-bond donors (Lipinski definition) is 2. The maximum absolute atomic E-state index is 6.56. The Bertz CT molecular complexity index is 1330. The molecule has 0 radical (unpaired) electrons. The number of anilines is 2. The van der Waals surface area contributed by atoms with Gasteiger partial charge < -0.3 is 10.6 Å². The van der Waals surface area contributed by atoms with Crippen molar-refractivity contribution in [3.63, 3.8) is 0 Å². The Labute approximate surface area is 212 Å². The summed E-state index contributed by atoms with van der Waals surface area (Å²) in [6.45, 7) is 16.7. The highest BCUT2D eigenvalue weighted by Gasteiger charge is 2.22. The van der Waals surface area contributed by atoms with E-state index in [4.69, 9.17) is 16.6 Å². The van der Waals surface area contributed by atoms with E-state index in [9.17, 15) is 0 Å². The van der Waals surface area contributed by atoms with Crippen LogP contribution >= 0.6 is 11.3 Å². The first-order chi connectivity index (χ1) is 16.9. The number of nitrogen functional groups attached to an aromatic ring is 1. The van der Waals surface area contributed by atoms with Gasteiger partial charge >= 0.3 is 0 Å². The average Bonchev–Trinajstić information content (AvgIpc) is 3.56. The Morgan fingerprint density at radius 3 is 2.80 bits per heavy atom. The summed E-state index contributed by atoms with van der Waals surface area (Å²) in [4.78, 5) is 8.16. The lowest BCUT2D eigenvalue weighted by Crippen LogP contribution is -2.25. The SMILES string of the molecule is C=C1CCc2c1ccc(CCN(CCC)C(=C)c1cnc(-c3ccc4c(c3)N(N)C(=C)C4)s1)c2N. The number of rotatable bonds is 8. The molecule has 0 fully saturated rings. The zero-order valence-corrected chi connectivity index (χ0v) is 21.3. The molecule has 1 aliphatic carbocycles. The van der Waals surface area contributed by atoms with Crippen molar-refractivity contribution in [1.82, 2.24) is 9.88 Å². The minimum atomic E-state index is 0.793. The third-order valence-electron chi connectivity index (χ3n) is 7.15. The van der Waals surface area contributed by atoms with E-state index >= 15 is 0 Å². The van der Waals surface area contributed by atoms with Gasteiger partial charge in [-0.05, 0) is 59.6 Å². The Hall–Kier alpha value is -3.35. The Morgan fingerprint density at radius 1 is 1.17 bits per heavy atom. The van der Waals surface area contributed by atoms with Crippen molar-refractivity contribution in [3.05, 3.63) is 89.1 Å². The number of allylic oxidation sites excluding steroid dienone is 2. The Balaban J connectivity index is 1.32. The fraction of sp³-hybridized carbons (Fsp3) is 0.276. The van der Waals surface area contributed by atoms with Crippen molar-refractivity contribution in [2.24, 2.45) is 5.84 Å². The van der Waals surface area contributed by atoms with Gasteiger partial charge in [0.15, 0.2) is 0 Å². The van der Waals surface area contributed by atoms with E-state index in [2.05, 4.69) is 61.9 Å². The molecule has 4 N–H and O–H groups in total. The third kappa shape index (κ3) is 4.28. The summed E-state index contributed by atoms with van der Waals surface area (Å²) in [7, 11) is 0. The van der Waals surface area contributed by atoms with E-state index in [-0.39, 0.29) is 0 Å². The van der Waals surface area contributed by atoms with Crippen LogP contribution in [0.1, 0.15) is 46.9 Å². The predicted molar refractivity (Wildman–Crippen MR) is 150 cm³/mol. The van der Waals surface area contributed by atoms with Gasteiger partial charge in [0.1, 0.15) is 5.01 Å². The lowest BCUT2D eigenvalue weighted by molar-refractivity contribution is 0.402. The van der Waals surface area contributed by atoms with E-state index in [1.165, 1.54) is 27.8 Å². The second-order valence-corrected chi connectivity index (χ2v) is 10.5. The predicted octanol–water partition coefficient (Wildman–Crippen LogP) is 6.03. The second-order valence-electron chi connectivity index (χ2n) is 9.44. The number of fused-ring (bicyclic) bond motifs is 2. The summed E-state index contributed by atoms with van der Waals surface area (Å²) >= 11 is 1.67. The Kier molecular flexibility index (Phi) is 6.26. The second kappa shape index (κ2) is 9.36. The first-order valence-electron chi connectivity index (χ1n) is 12.2. The van der Waals surface area contributed by atoms with Gasteiger partial charge in [0.2, 0.25) is 0 Å². The summed E-state index contributed by atoms with van der Waals surface area (Å²) in [6, 6.07) is 10.7. The van der Waals surface area contributed by atoms with Crippen molar-refractivity contribution in [2.75, 3.05) is 23.8 Å². The molecule has 0 saturated carbocycles. The van der Waals surface area contributed by atoms with Gasteiger partial charge in [0.25, 0.3) is 0 Å². The number of benzene rings is 2. The van der Waals surface area contributed by atoms with Crippen LogP contribution in [0.3, 0.4) is 0 Å². The molecule has 6 heteroatoms. The monoisotopic (exact) mass is 483 g/mol. The molecule has 0 spiro atoms. The summed E-state index contributed by atoms with van der Waals surface area (Å²) in [5.41, 5.74) is 17.6. The van der Waals surface area contributed by atoms with Crippen LogP contribution in [0.2, 0.25) is 0 Å². The molecule has 1 aromatic heterocycles. The molecule has 0 bridgehead atoms. The molecular weight excluding hydrogens is 450 g/mol. The number of hydrazine groups is 1. The number of aromatic nitrogens is 1. The van der Waals surface area contributed by atoms with Crippen molar-refractivity contribution in [3.8, 4) is 10.6 Å². The molecular formula is C29H33N5S. The van der Waals surface area contributed by atoms with Gasteiger partial charge in [-0.2, -0.15) is 0 Å².